The van der Waals surface area contributed by atoms with Crippen molar-refractivity contribution < 1.29 is 0 Å². The fourth-order valence-electron chi connectivity index (χ4n) is 0.881. The first-order chi connectivity index (χ1) is 6.15. The molecule has 1 heterocycles. The molecule has 0 amide bonds. The highest BCUT2D eigenvalue weighted by atomic mass is 35.5. The number of hydrogen-bond donors (Lipinski definition) is 2. The van der Waals surface area contributed by atoms with Crippen molar-refractivity contribution in [3.05, 3.63) is 32.1 Å². The highest BCUT2D eigenvalue weighted by Crippen LogP contribution is 1.94. The first-order valence-electron chi connectivity index (χ1n) is 3.79. The Balaban J connectivity index is 3.02. The van der Waals surface area contributed by atoms with E-state index in [0.29, 0.717) is 13.1 Å². The fraction of sp³-hybridized carbons (Fsp3) is 0.429. The predicted octanol–water partition coefficient (Wildman–Crippen LogP) is -0.591. The van der Waals surface area contributed by atoms with Gasteiger partial charge >= 0.3 is 5.69 Å². The molecular formula is C7H10ClN3O2. The first-order valence-corrected chi connectivity index (χ1v) is 4.17. The van der Waals surface area contributed by atoms with Gasteiger partial charge in [0.1, 0.15) is 5.02 Å². The van der Waals surface area contributed by atoms with E-state index in [1.807, 2.05) is 0 Å². The van der Waals surface area contributed by atoms with Crippen LogP contribution in [0.25, 0.3) is 0 Å². The van der Waals surface area contributed by atoms with Crippen molar-refractivity contribution in [3.63, 3.8) is 0 Å². The van der Waals surface area contributed by atoms with E-state index in [1.54, 1.807) is 7.05 Å². The Morgan fingerprint density at radius 3 is 2.92 bits per heavy atom. The minimum absolute atomic E-state index is 0.0238. The van der Waals surface area contributed by atoms with Crippen molar-refractivity contribution in [2.75, 3.05) is 13.6 Å². The summed E-state index contributed by atoms with van der Waals surface area (Å²) in [7, 11) is 1.78. The summed E-state index contributed by atoms with van der Waals surface area (Å²) >= 11 is 5.54. The summed E-state index contributed by atoms with van der Waals surface area (Å²) in [5.41, 5.74) is -0.989. The molecule has 2 N–H and O–H groups in total. The molecule has 1 aromatic rings. The molecule has 0 aromatic carbocycles. The number of hydrogen-bond acceptors (Lipinski definition) is 3. The molecule has 0 saturated heterocycles. The van der Waals surface area contributed by atoms with Crippen molar-refractivity contribution in [1.29, 1.82) is 0 Å². The molecule has 1 rings (SSSR count). The normalized spacial score (nSPS) is 10.3. The van der Waals surface area contributed by atoms with Crippen molar-refractivity contribution in [2.24, 2.45) is 0 Å². The molecule has 0 atom stereocenters. The number of nitrogens with zero attached hydrogens (tertiary/aromatic N) is 1. The number of nitrogens with one attached hydrogen (secondary N) is 2. The van der Waals surface area contributed by atoms with Crippen LogP contribution < -0.4 is 16.6 Å². The quantitative estimate of drug-likeness (QED) is 0.690. The van der Waals surface area contributed by atoms with Gasteiger partial charge in [0.25, 0.3) is 5.56 Å². The highest BCUT2D eigenvalue weighted by Gasteiger charge is 2.00. The molecule has 0 aliphatic heterocycles. The van der Waals surface area contributed by atoms with E-state index in [1.165, 1.54) is 10.8 Å². The van der Waals surface area contributed by atoms with Gasteiger partial charge in [0.15, 0.2) is 0 Å². The fourth-order valence-corrected chi connectivity index (χ4v) is 1.05. The van der Waals surface area contributed by atoms with Crippen LogP contribution in [0.15, 0.2) is 15.8 Å². The van der Waals surface area contributed by atoms with Crippen LogP contribution in [0.5, 0.6) is 0 Å². The van der Waals surface area contributed by atoms with Crippen LogP contribution in [0.1, 0.15) is 0 Å². The molecule has 0 bridgehead atoms. The van der Waals surface area contributed by atoms with E-state index in [-0.39, 0.29) is 5.02 Å². The van der Waals surface area contributed by atoms with Crippen LogP contribution in [0, 0.1) is 0 Å². The number of likely N-dealkylation sites (N-methyl/N-ethyl adjacent to an activating group) is 1. The number of H-pyrrole nitrogens is 1. The zero-order chi connectivity index (χ0) is 9.84. The molecule has 13 heavy (non-hydrogen) atoms. The van der Waals surface area contributed by atoms with Crippen molar-refractivity contribution in [1.82, 2.24) is 14.9 Å². The second-order valence-corrected chi connectivity index (χ2v) is 2.94. The van der Waals surface area contributed by atoms with Gasteiger partial charge in [-0.05, 0) is 7.05 Å². The van der Waals surface area contributed by atoms with Gasteiger partial charge in [-0.3, -0.25) is 14.3 Å². The topological polar surface area (TPSA) is 66.9 Å². The smallest absolute Gasteiger partial charge is 0.318 e. The Bertz CT molecular complexity index is 395. The molecule has 0 spiro atoms. The van der Waals surface area contributed by atoms with Gasteiger partial charge in [0.2, 0.25) is 0 Å². The molecule has 6 heteroatoms. The van der Waals surface area contributed by atoms with Gasteiger partial charge in [-0.2, -0.15) is 0 Å². The van der Waals surface area contributed by atoms with Crippen molar-refractivity contribution in [3.8, 4) is 0 Å². The predicted molar refractivity (Wildman–Crippen MR) is 50.3 cm³/mol. The molecule has 1 aromatic heterocycles. The van der Waals surface area contributed by atoms with Crippen LogP contribution in [0.4, 0.5) is 0 Å². The van der Waals surface area contributed by atoms with Crippen LogP contribution in [0.3, 0.4) is 0 Å². The summed E-state index contributed by atoms with van der Waals surface area (Å²) in [5, 5.41) is 2.91. The maximum atomic E-state index is 11.1. The Labute approximate surface area is 79.4 Å². The summed E-state index contributed by atoms with van der Waals surface area (Å²) in [4.78, 5) is 24.1. The van der Waals surface area contributed by atoms with Gasteiger partial charge in [0.05, 0.1) is 0 Å². The Morgan fingerprint density at radius 2 is 2.31 bits per heavy atom. The van der Waals surface area contributed by atoms with Crippen LogP contribution in [0.2, 0.25) is 5.02 Å². The van der Waals surface area contributed by atoms with E-state index in [0.717, 1.165) is 0 Å². The second kappa shape index (κ2) is 4.25. The van der Waals surface area contributed by atoms with E-state index < -0.39 is 11.2 Å². The Kier molecular flexibility index (Phi) is 3.27. The van der Waals surface area contributed by atoms with Crippen molar-refractivity contribution >= 4 is 11.6 Å². The van der Waals surface area contributed by atoms with Crippen molar-refractivity contribution in [2.45, 2.75) is 6.54 Å². The van der Waals surface area contributed by atoms with E-state index in [4.69, 9.17) is 11.6 Å². The summed E-state index contributed by atoms with van der Waals surface area (Å²) in [6, 6.07) is 0. The second-order valence-electron chi connectivity index (χ2n) is 2.53. The number of rotatable bonds is 3. The number of aromatic nitrogens is 2. The zero-order valence-corrected chi connectivity index (χ0v) is 7.89. The maximum absolute atomic E-state index is 11.1. The van der Waals surface area contributed by atoms with Gasteiger partial charge in [-0.15, -0.1) is 0 Å². The average molecular weight is 204 g/mol. The third kappa shape index (κ3) is 2.43. The molecule has 0 saturated carbocycles. The van der Waals surface area contributed by atoms with E-state index in [9.17, 15) is 9.59 Å². The van der Waals surface area contributed by atoms with E-state index in [2.05, 4.69) is 10.3 Å². The molecule has 0 aliphatic rings. The standard InChI is InChI=1S/C7H10ClN3O2/c1-9-2-3-11-4-5(8)6(12)10-7(11)13/h4,9H,2-3H2,1H3,(H,10,12,13). The molecule has 5 nitrogen and oxygen atoms in total. The minimum atomic E-state index is -0.549. The lowest BCUT2D eigenvalue weighted by molar-refractivity contribution is 0.609. The molecular weight excluding hydrogens is 194 g/mol. The van der Waals surface area contributed by atoms with Gasteiger partial charge in [-0.25, -0.2) is 4.79 Å². The zero-order valence-electron chi connectivity index (χ0n) is 7.13. The SMILES string of the molecule is CNCCn1cc(Cl)c(=O)[nH]c1=O. The number of halogens is 1. The van der Waals surface area contributed by atoms with E-state index >= 15 is 0 Å². The molecule has 0 fully saturated rings. The van der Waals surface area contributed by atoms with Crippen LogP contribution in [-0.4, -0.2) is 23.1 Å². The molecule has 0 radical (unpaired) electrons. The summed E-state index contributed by atoms with van der Waals surface area (Å²) in [6.07, 6.45) is 1.33. The molecule has 72 valence electrons. The van der Waals surface area contributed by atoms with Gasteiger partial charge in [0, 0.05) is 19.3 Å². The van der Waals surface area contributed by atoms with Crippen LogP contribution in [-0.2, 0) is 6.54 Å². The summed E-state index contributed by atoms with van der Waals surface area (Å²) in [5.74, 6) is 0. The Morgan fingerprint density at radius 1 is 1.62 bits per heavy atom. The average Bonchev–Trinajstić information content (AvgIpc) is 2.09. The molecule has 0 aliphatic carbocycles. The van der Waals surface area contributed by atoms with Gasteiger partial charge < -0.3 is 5.32 Å². The minimum Gasteiger partial charge on any atom is -0.318 e. The lowest BCUT2D eigenvalue weighted by Crippen LogP contribution is -2.32. The monoisotopic (exact) mass is 203 g/mol. The Hall–Kier alpha value is -1.07. The highest BCUT2D eigenvalue weighted by molar-refractivity contribution is 6.30. The van der Waals surface area contributed by atoms with Gasteiger partial charge in [-0.1, -0.05) is 11.6 Å². The lowest BCUT2D eigenvalue weighted by atomic mass is 10.5. The first kappa shape index (κ1) is 10.0. The lowest BCUT2D eigenvalue weighted by Gasteiger charge is -2.03. The third-order valence-electron chi connectivity index (χ3n) is 1.57. The maximum Gasteiger partial charge on any atom is 0.328 e. The molecule has 0 unspecified atom stereocenters. The third-order valence-corrected chi connectivity index (χ3v) is 1.84. The van der Waals surface area contributed by atoms with Crippen LogP contribution >= 0.6 is 11.6 Å². The number of aromatic amines is 1. The largest absolute Gasteiger partial charge is 0.328 e. The summed E-state index contributed by atoms with van der Waals surface area (Å²) in [6.45, 7) is 1.12. The summed E-state index contributed by atoms with van der Waals surface area (Å²) < 4.78 is 1.35.